The summed E-state index contributed by atoms with van der Waals surface area (Å²) in [5.41, 5.74) is 2.25. The van der Waals surface area contributed by atoms with Gasteiger partial charge in [0.15, 0.2) is 5.13 Å². The number of rotatable bonds is 4. The smallest absolute Gasteiger partial charge is 0.266 e. The first-order valence-electron chi connectivity index (χ1n) is 10.4. The fraction of sp³-hybridized carbons (Fsp3) is 0.667. The summed E-state index contributed by atoms with van der Waals surface area (Å²) in [6, 6.07) is 3.50. The van der Waals surface area contributed by atoms with E-state index in [1.165, 1.54) is 35.0 Å². The van der Waals surface area contributed by atoms with Gasteiger partial charge in [-0.15, -0.1) is 11.3 Å². The van der Waals surface area contributed by atoms with Crippen molar-refractivity contribution < 1.29 is 0 Å². The van der Waals surface area contributed by atoms with Crippen molar-refractivity contribution in [3.05, 3.63) is 38.8 Å². The van der Waals surface area contributed by atoms with Crippen molar-refractivity contribution in [1.29, 1.82) is 0 Å². The van der Waals surface area contributed by atoms with E-state index in [4.69, 9.17) is 4.98 Å². The van der Waals surface area contributed by atoms with Crippen molar-refractivity contribution in [1.82, 2.24) is 19.7 Å². The summed E-state index contributed by atoms with van der Waals surface area (Å²) in [7, 11) is 0. The maximum atomic E-state index is 12.2. The highest BCUT2D eigenvalue weighted by Gasteiger charge is 2.23. The predicted octanol–water partition coefficient (Wildman–Crippen LogP) is 2.70. The molecule has 2 aromatic heterocycles. The van der Waals surface area contributed by atoms with E-state index >= 15 is 0 Å². The Hall–Kier alpha value is -1.73. The third-order valence-electron chi connectivity index (χ3n) is 5.74. The summed E-state index contributed by atoms with van der Waals surface area (Å²) < 4.78 is 1.63. The van der Waals surface area contributed by atoms with Gasteiger partial charge in [-0.25, -0.2) is 9.67 Å². The lowest BCUT2D eigenvalue weighted by atomic mass is 9.92. The van der Waals surface area contributed by atoms with E-state index in [0.29, 0.717) is 6.54 Å². The van der Waals surface area contributed by atoms with Crippen molar-refractivity contribution in [3.8, 4) is 0 Å². The Bertz CT molecular complexity index is 850. The van der Waals surface area contributed by atoms with Gasteiger partial charge in [0.1, 0.15) is 0 Å². The van der Waals surface area contributed by atoms with Crippen LogP contribution in [0.15, 0.2) is 16.9 Å². The Morgan fingerprint density at radius 2 is 1.79 bits per heavy atom. The number of thiazole rings is 1. The minimum atomic E-state index is -0.0477. The van der Waals surface area contributed by atoms with E-state index in [9.17, 15) is 4.79 Å². The molecule has 28 heavy (non-hydrogen) atoms. The summed E-state index contributed by atoms with van der Waals surface area (Å²) in [5, 5.41) is 5.80. The molecular weight excluding hydrogens is 370 g/mol. The molecule has 152 valence electrons. The van der Waals surface area contributed by atoms with Gasteiger partial charge in [-0.05, 0) is 31.7 Å². The van der Waals surface area contributed by atoms with E-state index in [0.717, 1.165) is 44.8 Å². The molecule has 1 saturated heterocycles. The van der Waals surface area contributed by atoms with Gasteiger partial charge < -0.3 is 4.90 Å². The molecule has 7 heteroatoms. The molecule has 0 bridgehead atoms. The quantitative estimate of drug-likeness (QED) is 0.788. The van der Waals surface area contributed by atoms with Crippen LogP contribution in [0.4, 0.5) is 5.13 Å². The van der Waals surface area contributed by atoms with Crippen molar-refractivity contribution >= 4 is 16.5 Å². The molecule has 0 spiro atoms. The summed E-state index contributed by atoms with van der Waals surface area (Å²) in [6.45, 7) is 11.9. The van der Waals surface area contributed by atoms with Crippen LogP contribution in [-0.2, 0) is 24.8 Å². The zero-order valence-corrected chi connectivity index (χ0v) is 18.1. The number of piperazine rings is 1. The maximum Gasteiger partial charge on any atom is 0.266 e. The Morgan fingerprint density at radius 3 is 2.50 bits per heavy atom. The molecule has 2 aliphatic rings. The van der Waals surface area contributed by atoms with Gasteiger partial charge in [0.05, 0.1) is 17.9 Å². The van der Waals surface area contributed by atoms with Crippen LogP contribution in [0.5, 0.6) is 0 Å². The van der Waals surface area contributed by atoms with Gasteiger partial charge in [0.2, 0.25) is 0 Å². The Kier molecular flexibility index (Phi) is 5.56. The molecule has 2 aromatic rings. The summed E-state index contributed by atoms with van der Waals surface area (Å²) >= 11 is 1.90. The van der Waals surface area contributed by atoms with E-state index in [1.807, 2.05) is 17.4 Å². The van der Waals surface area contributed by atoms with Crippen LogP contribution in [0, 0.1) is 0 Å². The first kappa shape index (κ1) is 19.6. The van der Waals surface area contributed by atoms with Gasteiger partial charge in [-0.2, -0.15) is 5.10 Å². The van der Waals surface area contributed by atoms with Crippen LogP contribution in [0.3, 0.4) is 0 Å². The highest BCUT2D eigenvalue weighted by Crippen LogP contribution is 2.32. The molecule has 6 nitrogen and oxygen atoms in total. The van der Waals surface area contributed by atoms with Gasteiger partial charge in [0, 0.05) is 49.1 Å². The van der Waals surface area contributed by atoms with E-state index in [-0.39, 0.29) is 11.0 Å². The molecule has 0 saturated carbocycles. The largest absolute Gasteiger partial charge is 0.346 e. The lowest BCUT2D eigenvalue weighted by Crippen LogP contribution is -2.47. The number of hydrogen-bond donors (Lipinski definition) is 0. The number of nitrogens with zero attached hydrogens (tertiary/aromatic N) is 5. The fourth-order valence-corrected chi connectivity index (χ4v) is 5.08. The molecule has 3 heterocycles. The topological polar surface area (TPSA) is 54.3 Å². The molecule has 1 aliphatic carbocycles. The van der Waals surface area contributed by atoms with Crippen molar-refractivity contribution in [2.45, 2.75) is 58.4 Å². The maximum absolute atomic E-state index is 12.2. The standard InChI is InChI=1S/C21H31N5OS/c1-21(2,3)18-8-9-19(27)26(23-18)15-12-24-10-13-25(14-11-24)20-22-16-6-4-5-7-17(16)28-20/h8-9H,4-7,10-15H2,1-3H3. The molecule has 0 N–H and O–H groups in total. The fourth-order valence-electron chi connectivity index (χ4n) is 3.88. The molecule has 0 radical (unpaired) electrons. The zero-order chi connectivity index (χ0) is 19.7. The van der Waals surface area contributed by atoms with Gasteiger partial charge >= 0.3 is 0 Å². The number of anilines is 1. The van der Waals surface area contributed by atoms with Crippen LogP contribution < -0.4 is 10.5 Å². The lowest BCUT2D eigenvalue weighted by Gasteiger charge is -2.34. The molecule has 0 aromatic carbocycles. The second kappa shape index (κ2) is 7.95. The van der Waals surface area contributed by atoms with E-state index in [1.54, 1.807) is 10.7 Å². The Labute approximate surface area is 171 Å². The van der Waals surface area contributed by atoms with Gasteiger partial charge in [-0.3, -0.25) is 9.69 Å². The number of fused-ring (bicyclic) bond motifs is 1. The second-order valence-corrected chi connectivity index (χ2v) is 9.99. The zero-order valence-electron chi connectivity index (χ0n) is 17.3. The Morgan fingerprint density at radius 1 is 1.04 bits per heavy atom. The van der Waals surface area contributed by atoms with Gasteiger partial charge in [0.25, 0.3) is 5.56 Å². The van der Waals surface area contributed by atoms with Crippen molar-refractivity contribution in [2.75, 3.05) is 37.6 Å². The normalized spacial score (nSPS) is 18.3. The molecule has 0 unspecified atom stereocenters. The van der Waals surface area contributed by atoms with Crippen LogP contribution in [0.2, 0.25) is 0 Å². The first-order valence-corrected chi connectivity index (χ1v) is 11.3. The van der Waals surface area contributed by atoms with E-state index < -0.39 is 0 Å². The number of hydrogen-bond acceptors (Lipinski definition) is 6. The predicted molar refractivity (Wildman–Crippen MR) is 115 cm³/mol. The molecule has 0 amide bonds. The molecule has 4 rings (SSSR count). The van der Waals surface area contributed by atoms with Crippen LogP contribution in [0.1, 0.15) is 49.9 Å². The molecule has 0 atom stereocenters. The summed E-state index contributed by atoms with van der Waals surface area (Å²) in [6.07, 6.45) is 4.96. The Balaban J connectivity index is 1.33. The summed E-state index contributed by atoms with van der Waals surface area (Å²) in [4.78, 5) is 23.5. The average Bonchev–Trinajstić information content (AvgIpc) is 3.11. The SMILES string of the molecule is CC(C)(C)c1ccc(=O)n(CCN2CCN(c3nc4c(s3)CCCC4)CC2)n1. The monoisotopic (exact) mass is 401 g/mol. The minimum absolute atomic E-state index is 0.0139. The van der Waals surface area contributed by atoms with Crippen LogP contribution >= 0.6 is 11.3 Å². The van der Waals surface area contributed by atoms with E-state index in [2.05, 4.69) is 35.7 Å². The second-order valence-electron chi connectivity index (χ2n) is 8.93. The van der Waals surface area contributed by atoms with Gasteiger partial charge in [-0.1, -0.05) is 20.8 Å². The molecule has 1 fully saturated rings. The number of aryl methyl sites for hydroxylation is 2. The average molecular weight is 402 g/mol. The van der Waals surface area contributed by atoms with Crippen LogP contribution in [0.25, 0.3) is 0 Å². The van der Waals surface area contributed by atoms with Crippen molar-refractivity contribution in [3.63, 3.8) is 0 Å². The lowest BCUT2D eigenvalue weighted by molar-refractivity contribution is 0.242. The third kappa shape index (κ3) is 4.30. The molecule has 1 aliphatic heterocycles. The first-order chi connectivity index (χ1) is 13.4. The summed E-state index contributed by atoms with van der Waals surface area (Å²) in [5.74, 6) is 0. The minimum Gasteiger partial charge on any atom is -0.346 e. The molecular formula is C21H31N5OS. The number of aromatic nitrogens is 3. The van der Waals surface area contributed by atoms with Crippen LogP contribution in [-0.4, -0.2) is 52.4 Å². The third-order valence-corrected chi connectivity index (χ3v) is 6.96. The highest BCUT2D eigenvalue weighted by atomic mass is 32.1. The van der Waals surface area contributed by atoms with Crippen molar-refractivity contribution in [2.24, 2.45) is 0 Å². The highest BCUT2D eigenvalue weighted by molar-refractivity contribution is 7.15.